The van der Waals surface area contributed by atoms with Crippen molar-refractivity contribution in [3.05, 3.63) is 18.0 Å². The molecule has 84 valence electrons. The fraction of sp³-hybridized carbons (Fsp3) is 0.636. The summed E-state index contributed by atoms with van der Waals surface area (Å²) >= 11 is 0. The Morgan fingerprint density at radius 1 is 1.67 bits per heavy atom. The minimum atomic E-state index is 0.131. The highest BCUT2D eigenvalue weighted by molar-refractivity contribution is 5.94. The molecule has 0 radical (unpaired) electrons. The minimum absolute atomic E-state index is 0.131. The van der Waals surface area contributed by atoms with Gasteiger partial charge in [0.1, 0.15) is 5.69 Å². The van der Waals surface area contributed by atoms with Crippen LogP contribution in [0.3, 0.4) is 0 Å². The summed E-state index contributed by atoms with van der Waals surface area (Å²) in [6.45, 7) is 4.67. The average molecular weight is 210 g/mol. The van der Waals surface area contributed by atoms with Gasteiger partial charge in [0, 0.05) is 26.3 Å². The summed E-state index contributed by atoms with van der Waals surface area (Å²) in [7, 11) is 1.66. The van der Waals surface area contributed by atoms with Crippen molar-refractivity contribution >= 4 is 5.78 Å². The summed E-state index contributed by atoms with van der Waals surface area (Å²) < 4.78 is 6.82. The smallest absolute Gasteiger partial charge is 0.180 e. The third-order valence-corrected chi connectivity index (χ3v) is 2.48. The van der Waals surface area contributed by atoms with Gasteiger partial charge in [0.2, 0.25) is 0 Å². The number of carbonyl (C=O) groups excluding carboxylic acids is 1. The number of hydrogen-bond donors (Lipinski definition) is 0. The number of nitrogens with zero attached hydrogens (tertiary/aromatic N) is 2. The average Bonchev–Trinajstić information content (AvgIpc) is 2.73. The lowest BCUT2D eigenvalue weighted by Gasteiger charge is -2.08. The second-order valence-corrected chi connectivity index (χ2v) is 3.54. The first-order valence-corrected chi connectivity index (χ1v) is 5.26. The lowest BCUT2D eigenvalue weighted by molar-refractivity contribution is 0.0869. The van der Waals surface area contributed by atoms with Gasteiger partial charge in [-0.1, -0.05) is 0 Å². The first kappa shape index (κ1) is 11.9. The SMILES string of the molecule is CCn1nccc1C(=O)CCC(C)OC. The zero-order valence-electron chi connectivity index (χ0n) is 9.56. The van der Waals surface area contributed by atoms with Crippen LogP contribution >= 0.6 is 0 Å². The summed E-state index contributed by atoms with van der Waals surface area (Å²) in [6, 6.07) is 1.77. The summed E-state index contributed by atoms with van der Waals surface area (Å²) in [5, 5.41) is 4.07. The van der Waals surface area contributed by atoms with Crippen molar-refractivity contribution in [1.82, 2.24) is 9.78 Å². The number of rotatable bonds is 6. The number of aromatic nitrogens is 2. The lowest BCUT2D eigenvalue weighted by Crippen LogP contribution is -2.12. The van der Waals surface area contributed by atoms with E-state index in [1.54, 1.807) is 24.1 Å². The van der Waals surface area contributed by atoms with E-state index in [0.717, 1.165) is 13.0 Å². The maximum absolute atomic E-state index is 11.8. The van der Waals surface area contributed by atoms with Gasteiger partial charge >= 0.3 is 0 Å². The van der Waals surface area contributed by atoms with Crippen LogP contribution in [0.2, 0.25) is 0 Å². The Bertz CT molecular complexity index is 320. The summed E-state index contributed by atoms with van der Waals surface area (Å²) in [6.07, 6.45) is 3.06. The van der Waals surface area contributed by atoms with E-state index in [9.17, 15) is 4.79 Å². The van der Waals surface area contributed by atoms with Gasteiger partial charge in [0.15, 0.2) is 5.78 Å². The van der Waals surface area contributed by atoms with Crippen LogP contribution in [0.15, 0.2) is 12.3 Å². The molecule has 1 rings (SSSR count). The number of ketones is 1. The minimum Gasteiger partial charge on any atom is -0.382 e. The molecule has 1 aromatic rings. The van der Waals surface area contributed by atoms with Gasteiger partial charge in [-0.25, -0.2) is 0 Å². The van der Waals surface area contributed by atoms with Crippen molar-refractivity contribution < 1.29 is 9.53 Å². The van der Waals surface area contributed by atoms with E-state index in [0.29, 0.717) is 12.1 Å². The van der Waals surface area contributed by atoms with Crippen LogP contribution < -0.4 is 0 Å². The van der Waals surface area contributed by atoms with Gasteiger partial charge in [0.05, 0.1) is 6.10 Å². The van der Waals surface area contributed by atoms with Gasteiger partial charge < -0.3 is 4.74 Å². The van der Waals surface area contributed by atoms with Gasteiger partial charge in [-0.15, -0.1) is 0 Å². The van der Waals surface area contributed by atoms with Crippen LogP contribution in [0.1, 0.15) is 37.2 Å². The molecule has 1 atom stereocenters. The molecule has 0 aromatic carbocycles. The van der Waals surface area contributed by atoms with Crippen LogP contribution in [0.5, 0.6) is 0 Å². The Morgan fingerprint density at radius 3 is 3.00 bits per heavy atom. The molecule has 0 spiro atoms. The number of Topliss-reactive ketones (excluding diaryl/α,β-unsaturated/α-hetero) is 1. The Labute approximate surface area is 90.2 Å². The van der Waals surface area contributed by atoms with Crippen molar-refractivity contribution in [1.29, 1.82) is 0 Å². The summed E-state index contributed by atoms with van der Waals surface area (Å²) in [5.74, 6) is 0.137. The second-order valence-electron chi connectivity index (χ2n) is 3.54. The Kier molecular flexibility index (Phi) is 4.49. The molecule has 0 bridgehead atoms. The number of carbonyl (C=O) groups is 1. The standard InChI is InChI=1S/C11H18N2O2/c1-4-13-10(7-8-12-13)11(14)6-5-9(2)15-3/h7-9H,4-6H2,1-3H3. The first-order valence-electron chi connectivity index (χ1n) is 5.26. The Morgan fingerprint density at radius 2 is 2.40 bits per heavy atom. The van der Waals surface area contributed by atoms with Crippen molar-refractivity contribution in [3.63, 3.8) is 0 Å². The highest BCUT2D eigenvalue weighted by atomic mass is 16.5. The molecule has 0 amide bonds. The fourth-order valence-corrected chi connectivity index (χ4v) is 1.40. The topological polar surface area (TPSA) is 44.1 Å². The van der Waals surface area contributed by atoms with Crippen molar-refractivity contribution in [2.75, 3.05) is 7.11 Å². The highest BCUT2D eigenvalue weighted by Crippen LogP contribution is 2.08. The van der Waals surface area contributed by atoms with Crippen molar-refractivity contribution in [2.24, 2.45) is 0 Å². The maximum atomic E-state index is 11.8. The van der Waals surface area contributed by atoms with E-state index in [-0.39, 0.29) is 11.9 Å². The molecule has 4 heteroatoms. The maximum Gasteiger partial charge on any atom is 0.180 e. The Hall–Kier alpha value is -1.16. The molecule has 0 aliphatic heterocycles. The van der Waals surface area contributed by atoms with E-state index < -0.39 is 0 Å². The summed E-state index contributed by atoms with van der Waals surface area (Å²) in [4.78, 5) is 11.8. The van der Waals surface area contributed by atoms with E-state index in [1.165, 1.54) is 0 Å². The van der Waals surface area contributed by atoms with E-state index in [2.05, 4.69) is 5.10 Å². The van der Waals surface area contributed by atoms with Crippen molar-refractivity contribution in [3.8, 4) is 0 Å². The quantitative estimate of drug-likeness (QED) is 0.673. The van der Waals surface area contributed by atoms with E-state index in [1.807, 2.05) is 13.8 Å². The van der Waals surface area contributed by atoms with Gasteiger partial charge in [-0.3, -0.25) is 9.48 Å². The molecule has 0 aliphatic carbocycles. The zero-order chi connectivity index (χ0) is 11.3. The molecule has 1 unspecified atom stereocenters. The molecular formula is C11H18N2O2. The number of aryl methyl sites for hydroxylation is 1. The molecular weight excluding hydrogens is 192 g/mol. The van der Waals surface area contributed by atoms with Gasteiger partial charge in [-0.05, 0) is 26.3 Å². The first-order chi connectivity index (χ1) is 7.19. The van der Waals surface area contributed by atoms with E-state index >= 15 is 0 Å². The van der Waals surface area contributed by atoms with Gasteiger partial charge in [-0.2, -0.15) is 5.10 Å². The zero-order valence-corrected chi connectivity index (χ0v) is 9.56. The molecule has 0 saturated heterocycles. The lowest BCUT2D eigenvalue weighted by atomic mass is 10.1. The van der Waals surface area contributed by atoms with Crippen LogP contribution in [-0.2, 0) is 11.3 Å². The predicted octanol–water partition coefficient (Wildman–Crippen LogP) is 1.90. The Balaban J connectivity index is 2.54. The molecule has 0 aliphatic rings. The molecule has 15 heavy (non-hydrogen) atoms. The summed E-state index contributed by atoms with van der Waals surface area (Å²) in [5.41, 5.74) is 0.695. The van der Waals surface area contributed by atoms with Crippen LogP contribution in [0, 0.1) is 0 Å². The number of ether oxygens (including phenoxy) is 1. The molecule has 1 heterocycles. The van der Waals surface area contributed by atoms with Crippen LogP contribution in [0.4, 0.5) is 0 Å². The normalized spacial score (nSPS) is 12.7. The van der Waals surface area contributed by atoms with E-state index in [4.69, 9.17) is 4.74 Å². The molecule has 4 nitrogen and oxygen atoms in total. The molecule has 0 N–H and O–H groups in total. The van der Waals surface area contributed by atoms with Gasteiger partial charge in [0.25, 0.3) is 0 Å². The highest BCUT2D eigenvalue weighted by Gasteiger charge is 2.12. The van der Waals surface area contributed by atoms with Crippen molar-refractivity contribution in [2.45, 2.75) is 39.3 Å². The third-order valence-electron chi connectivity index (χ3n) is 2.48. The number of methoxy groups -OCH3 is 1. The second kappa shape index (κ2) is 5.66. The largest absolute Gasteiger partial charge is 0.382 e. The predicted molar refractivity (Wildman–Crippen MR) is 57.9 cm³/mol. The van der Waals surface area contributed by atoms with Crippen LogP contribution in [0.25, 0.3) is 0 Å². The molecule has 1 aromatic heterocycles. The number of hydrogen-bond acceptors (Lipinski definition) is 3. The third kappa shape index (κ3) is 3.16. The van der Waals surface area contributed by atoms with Crippen LogP contribution in [-0.4, -0.2) is 28.8 Å². The fourth-order valence-electron chi connectivity index (χ4n) is 1.40. The monoisotopic (exact) mass is 210 g/mol. The molecule has 0 saturated carbocycles. The molecule has 0 fully saturated rings.